The van der Waals surface area contributed by atoms with E-state index in [0.29, 0.717) is 37.3 Å². The number of fused-ring (bicyclic) bond motifs is 1. The van der Waals surface area contributed by atoms with Crippen molar-refractivity contribution in [1.82, 2.24) is 20.7 Å². The van der Waals surface area contributed by atoms with E-state index in [1.807, 2.05) is 6.07 Å². The quantitative estimate of drug-likeness (QED) is 0.466. The fourth-order valence-corrected chi connectivity index (χ4v) is 3.99. The zero-order valence-corrected chi connectivity index (χ0v) is 18.6. The van der Waals surface area contributed by atoms with E-state index < -0.39 is 18.0 Å². The number of hydrogen-bond acceptors (Lipinski definition) is 9. The molecule has 1 saturated heterocycles. The van der Waals surface area contributed by atoms with Crippen LogP contribution in [0.1, 0.15) is 24.1 Å². The highest BCUT2D eigenvalue weighted by molar-refractivity contribution is 5.81. The summed E-state index contributed by atoms with van der Waals surface area (Å²) in [6.45, 7) is 2.94. The number of aliphatic hydroxyl groups excluding tert-OH is 1. The number of halogens is 3. The SMILES string of the molecule is CN1NNc2c1cc(-c1ccc(OCCCN3CCNC(O)CC3)c(C(F)(F)F)c1)nc2C#N. The van der Waals surface area contributed by atoms with Crippen molar-refractivity contribution in [2.75, 3.05) is 50.3 Å². The summed E-state index contributed by atoms with van der Waals surface area (Å²) in [5.74, 6) is -0.244. The van der Waals surface area contributed by atoms with Crippen molar-refractivity contribution < 1.29 is 23.0 Å². The van der Waals surface area contributed by atoms with Crippen molar-refractivity contribution in [3.05, 3.63) is 35.5 Å². The summed E-state index contributed by atoms with van der Waals surface area (Å²) in [5.41, 5.74) is 6.38. The van der Waals surface area contributed by atoms with Crippen LogP contribution in [0.15, 0.2) is 24.3 Å². The summed E-state index contributed by atoms with van der Waals surface area (Å²) in [6, 6.07) is 7.40. The molecule has 0 radical (unpaired) electrons. The monoisotopic (exact) mass is 477 g/mol. The van der Waals surface area contributed by atoms with Crippen LogP contribution in [-0.2, 0) is 6.18 Å². The van der Waals surface area contributed by atoms with Gasteiger partial charge < -0.3 is 14.7 Å². The molecule has 3 heterocycles. The Morgan fingerprint density at radius 2 is 2.12 bits per heavy atom. The van der Waals surface area contributed by atoms with Gasteiger partial charge in [0.1, 0.15) is 23.7 Å². The molecule has 1 aromatic carbocycles. The minimum absolute atomic E-state index is 0.0782. The average molecular weight is 477 g/mol. The van der Waals surface area contributed by atoms with Gasteiger partial charge in [-0.1, -0.05) is 0 Å². The number of alkyl halides is 3. The van der Waals surface area contributed by atoms with Crippen LogP contribution < -0.4 is 26.0 Å². The van der Waals surface area contributed by atoms with Crippen LogP contribution in [0.2, 0.25) is 0 Å². The number of nitrogens with zero attached hydrogens (tertiary/aromatic N) is 4. The van der Waals surface area contributed by atoms with Crippen molar-refractivity contribution in [2.45, 2.75) is 25.2 Å². The number of hydrazine groups is 2. The Bertz CT molecular complexity index is 1070. The van der Waals surface area contributed by atoms with E-state index in [-0.39, 0.29) is 29.3 Å². The zero-order chi connectivity index (χ0) is 24.3. The van der Waals surface area contributed by atoms with Gasteiger partial charge >= 0.3 is 6.18 Å². The molecule has 1 unspecified atom stereocenters. The second-order valence-corrected chi connectivity index (χ2v) is 8.17. The summed E-state index contributed by atoms with van der Waals surface area (Å²) >= 11 is 0. The van der Waals surface area contributed by atoms with Crippen LogP contribution in [0.5, 0.6) is 5.75 Å². The molecule has 2 aliphatic rings. The minimum Gasteiger partial charge on any atom is -0.493 e. The third kappa shape index (κ3) is 5.34. The van der Waals surface area contributed by atoms with Crippen molar-refractivity contribution in [2.24, 2.45) is 0 Å². The van der Waals surface area contributed by atoms with E-state index >= 15 is 0 Å². The summed E-state index contributed by atoms with van der Waals surface area (Å²) in [6.07, 6.45) is -3.98. The first-order valence-corrected chi connectivity index (χ1v) is 10.9. The third-order valence-corrected chi connectivity index (χ3v) is 5.80. The van der Waals surface area contributed by atoms with Crippen LogP contribution in [-0.4, -0.2) is 61.1 Å². The number of ether oxygens (including phenoxy) is 1. The van der Waals surface area contributed by atoms with E-state index in [1.54, 1.807) is 18.1 Å². The van der Waals surface area contributed by atoms with Gasteiger partial charge in [0, 0.05) is 38.8 Å². The average Bonchev–Trinajstić information content (AvgIpc) is 3.05. The number of anilines is 2. The van der Waals surface area contributed by atoms with Gasteiger partial charge in [-0.3, -0.25) is 15.8 Å². The van der Waals surface area contributed by atoms with Crippen molar-refractivity contribution in [1.29, 1.82) is 5.26 Å². The molecule has 1 atom stereocenters. The minimum atomic E-state index is -4.62. The predicted molar refractivity (Wildman–Crippen MR) is 120 cm³/mol. The zero-order valence-electron chi connectivity index (χ0n) is 18.6. The van der Waals surface area contributed by atoms with Gasteiger partial charge in [0.2, 0.25) is 0 Å². The van der Waals surface area contributed by atoms with E-state index in [4.69, 9.17) is 4.74 Å². The highest BCUT2D eigenvalue weighted by Crippen LogP contribution is 2.40. The predicted octanol–water partition coefficient (Wildman–Crippen LogP) is 2.30. The Morgan fingerprint density at radius 1 is 1.29 bits per heavy atom. The van der Waals surface area contributed by atoms with Gasteiger partial charge in [-0.2, -0.15) is 18.4 Å². The van der Waals surface area contributed by atoms with Crippen LogP contribution in [0, 0.1) is 11.3 Å². The van der Waals surface area contributed by atoms with E-state index in [9.17, 15) is 23.5 Å². The first-order valence-electron chi connectivity index (χ1n) is 10.9. The molecule has 12 heteroatoms. The van der Waals surface area contributed by atoms with Gasteiger partial charge in [0.15, 0.2) is 5.69 Å². The van der Waals surface area contributed by atoms with Gasteiger partial charge in [-0.15, -0.1) is 5.53 Å². The Morgan fingerprint density at radius 3 is 2.88 bits per heavy atom. The molecular weight excluding hydrogens is 451 g/mol. The molecule has 1 aromatic heterocycles. The van der Waals surface area contributed by atoms with Crippen molar-refractivity contribution in [3.63, 3.8) is 0 Å². The molecule has 0 spiro atoms. The molecule has 1 fully saturated rings. The topological polar surface area (TPSA) is 109 Å². The molecule has 4 N–H and O–H groups in total. The Balaban J connectivity index is 1.49. The highest BCUT2D eigenvalue weighted by atomic mass is 19.4. The van der Waals surface area contributed by atoms with Gasteiger partial charge in [0.25, 0.3) is 0 Å². The number of benzene rings is 1. The Hall–Kier alpha value is -3.11. The lowest BCUT2D eigenvalue weighted by atomic mass is 10.0. The number of rotatable bonds is 6. The van der Waals surface area contributed by atoms with Gasteiger partial charge in [-0.05, 0) is 37.1 Å². The largest absolute Gasteiger partial charge is 0.493 e. The summed E-state index contributed by atoms with van der Waals surface area (Å²) in [5, 5.41) is 23.6. The van der Waals surface area contributed by atoms with Gasteiger partial charge in [0.05, 0.1) is 23.6 Å². The fraction of sp³-hybridized carbons (Fsp3) is 0.455. The molecule has 0 saturated carbocycles. The molecule has 0 amide bonds. The number of hydrogen-bond donors (Lipinski definition) is 4. The lowest BCUT2D eigenvalue weighted by Crippen LogP contribution is -2.31. The maximum atomic E-state index is 13.8. The smallest absolute Gasteiger partial charge is 0.419 e. The number of aromatic nitrogens is 1. The van der Waals surface area contributed by atoms with Crippen LogP contribution >= 0.6 is 0 Å². The lowest BCUT2D eigenvalue weighted by Gasteiger charge is -2.20. The second-order valence-electron chi connectivity index (χ2n) is 8.17. The normalized spacial score (nSPS) is 18.7. The fourth-order valence-electron chi connectivity index (χ4n) is 3.99. The molecule has 2 aliphatic heterocycles. The van der Waals surface area contributed by atoms with Crippen LogP contribution in [0.3, 0.4) is 0 Å². The van der Waals surface area contributed by atoms with Crippen LogP contribution in [0.4, 0.5) is 24.5 Å². The highest BCUT2D eigenvalue weighted by Gasteiger charge is 2.35. The molecule has 0 aliphatic carbocycles. The van der Waals surface area contributed by atoms with Gasteiger partial charge in [-0.25, -0.2) is 4.98 Å². The Kier molecular flexibility index (Phi) is 7.08. The molecule has 34 heavy (non-hydrogen) atoms. The van der Waals surface area contributed by atoms with Crippen LogP contribution in [0.25, 0.3) is 11.3 Å². The first-order chi connectivity index (χ1) is 16.3. The number of aliphatic hydroxyl groups is 1. The molecule has 2 aromatic rings. The second kappa shape index (κ2) is 10.0. The van der Waals surface area contributed by atoms with E-state index in [1.165, 1.54) is 12.1 Å². The molecule has 4 rings (SSSR count). The third-order valence-electron chi connectivity index (χ3n) is 5.80. The molecule has 182 valence electrons. The lowest BCUT2D eigenvalue weighted by molar-refractivity contribution is -0.138. The maximum absolute atomic E-state index is 13.8. The summed E-state index contributed by atoms with van der Waals surface area (Å²) < 4.78 is 47.0. The van der Waals surface area contributed by atoms with E-state index in [2.05, 4.69) is 26.2 Å². The number of pyridine rings is 1. The van der Waals surface area contributed by atoms with Crippen molar-refractivity contribution >= 4 is 11.4 Å². The molecule has 9 nitrogen and oxygen atoms in total. The standard InChI is InChI=1S/C22H26F3N7O2/c1-31-18-12-16(28-17(13-26)21(18)29-30-31)14-3-4-19(15(11-14)22(23,24)25)34-10-2-7-32-8-5-20(33)27-6-9-32/h3-4,11-12,20,27,29-30,33H,2,5-10H2,1H3. The molecular formula is C22H26F3N7O2. The molecule has 0 bridgehead atoms. The number of nitrogens with one attached hydrogen (secondary N) is 3. The Labute approximate surface area is 195 Å². The summed E-state index contributed by atoms with van der Waals surface area (Å²) in [7, 11) is 1.71. The first kappa shape index (κ1) is 24.0. The summed E-state index contributed by atoms with van der Waals surface area (Å²) in [4.78, 5) is 6.38. The van der Waals surface area contributed by atoms with Crippen molar-refractivity contribution in [3.8, 4) is 23.1 Å². The van der Waals surface area contributed by atoms with E-state index in [0.717, 1.165) is 19.2 Å². The maximum Gasteiger partial charge on any atom is 0.419 e. The number of nitriles is 1.